The summed E-state index contributed by atoms with van der Waals surface area (Å²) in [5.74, 6) is -1.53. The zero-order chi connectivity index (χ0) is 16.1. The number of nitrogens with one attached hydrogen (secondary N) is 2. The van der Waals surface area contributed by atoms with Crippen molar-refractivity contribution in [2.24, 2.45) is 0 Å². The molecule has 0 aromatic heterocycles. The molecular weight excluding hydrogens is 346 g/mol. The lowest BCUT2D eigenvalue weighted by molar-refractivity contribution is -0.133. The molecule has 0 saturated heterocycles. The van der Waals surface area contributed by atoms with Gasteiger partial charge in [-0.2, -0.15) is 5.26 Å². The van der Waals surface area contributed by atoms with Crippen molar-refractivity contribution in [3.8, 4) is 6.07 Å². The summed E-state index contributed by atoms with van der Waals surface area (Å²) < 4.78 is 0.894. The van der Waals surface area contributed by atoms with Gasteiger partial charge in [0.15, 0.2) is 0 Å². The summed E-state index contributed by atoms with van der Waals surface area (Å²) in [6.45, 7) is 1.83. The fourth-order valence-electron chi connectivity index (χ4n) is 1.76. The average molecular weight is 358 g/mol. The number of rotatable bonds is 2. The number of hydrogen-bond donors (Lipinski definition) is 2. The van der Waals surface area contributed by atoms with Crippen LogP contribution < -0.4 is 10.6 Å². The number of nitriles is 1. The van der Waals surface area contributed by atoms with Crippen LogP contribution in [0.1, 0.15) is 11.1 Å². The van der Waals surface area contributed by atoms with Gasteiger partial charge in [-0.05, 0) is 55.0 Å². The van der Waals surface area contributed by atoms with E-state index in [1.807, 2.05) is 19.1 Å². The molecule has 0 bridgehead atoms. The van der Waals surface area contributed by atoms with Gasteiger partial charge in [-0.15, -0.1) is 0 Å². The van der Waals surface area contributed by atoms with E-state index in [2.05, 4.69) is 26.6 Å². The zero-order valence-electron chi connectivity index (χ0n) is 11.7. The van der Waals surface area contributed by atoms with E-state index in [0.717, 1.165) is 10.0 Å². The van der Waals surface area contributed by atoms with E-state index in [9.17, 15) is 9.59 Å². The molecule has 0 spiro atoms. The summed E-state index contributed by atoms with van der Waals surface area (Å²) in [6.07, 6.45) is 0. The summed E-state index contributed by atoms with van der Waals surface area (Å²) in [7, 11) is 0. The molecule has 2 aromatic carbocycles. The first-order chi connectivity index (χ1) is 10.5. The highest BCUT2D eigenvalue weighted by atomic mass is 79.9. The maximum absolute atomic E-state index is 11.9. The molecule has 0 aliphatic rings. The number of nitrogens with zero attached hydrogens (tertiary/aromatic N) is 1. The van der Waals surface area contributed by atoms with Crippen LogP contribution in [-0.4, -0.2) is 11.8 Å². The van der Waals surface area contributed by atoms with Gasteiger partial charge < -0.3 is 10.6 Å². The van der Waals surface area contributed by atoms with Crippen molar-refractivity contribution in [1.29, 1.82) is 5.26 Å². The molecule has 0 unspecified atom stereocenters. The van der Waals surface area contributed by atoms with Gasteiger partial charge in [-0.1, -0.05) is 15.9 Å². The van der Waals surface area contributed by atoms with Gasteiger partial charge in [0.1, 0.15) is 0 Å². The molecule has 0 aliphatic heterocycles. The fraction of sp³-hybridized carbons (Fsp3) is 0.0625. The Labute approximate surface area is 136 Å². The second-order valence-corrected chi connectivity index (χ2v) is 5.47. The quantitative estimate of drug-likeness (QED) is 0.809. The minimum Gasteiger partial charge on any atom is -0.318 e. The molecular formula is C16H12BrN3O2. The lowest BCUT2D eigenvalue weighted by Crippen LogP contribution is -2.29. The van der Waals surface area contributed by atoms with Crippen molar-refractivity contribution in [3.63, 3.8) is 0 Å². The Morgan fingerprint density at radius 2 is 1.68 bits per heavy atom. The summed E-state index contributed by atoms with van der Waals surface area (Å²) in [6, 6.07) is 13.6. The molecule has 0 atom stereocenters. The summed E-state index contributed by atoms with van der Waals surface area (Å²) >= 11 is 3.33. The fourth-order valence-corrected chi connectivity index (χ4v) is 2.24. The number of aryl methyl sites for hydroxylation is 1. The van der Waals surface area contributed by atoms with Crippen LogP contribution in [-0.2, 0) is 9.59 Å². The van der Waals surface area contributed by atoms with Crippen LogP contribution in [0.3, 0.4) is 0 Å². The smallest absolute Gasteiger partial charge is 0.314 e. The van der Waals surface area contributed by atoms with E-state index < -0.39 is 11.8 Å². The normalized spacial score (nSPS) is 9.68. The van der Waals surface area contributed by atoms with Crippen molar-refractivity contribution in [2.45, 2.75) is 6.92 Å². The van der Waals surface area contributed by atoms with Crippen molar-refractivity contribution >= 4 is 39.1 Å². The molecule has 6 heteroatoms. The SMILES string of the molecule is Cc1cc(Br)ccc1NC(=O)C(=O)Nc1ccc(C#N)cc1. The molecule has 0 radical (unpaired) electrons. The van der Waals surface area contributed by atoms with E-state index >= 15 is 0 Å². The first-order valence-corrected chi connectivity index (χ1v) is 7.17. The average Bonchev–Trinajstić information content (AvgIpc) is 2.50. The third-order valence-electron chi connectivity index (χ3n) is 2.91. The molecule has 110 valence electrons. The standard InChI is InChI=1S/C16H12BrN3O2/c1-10-8-12(17)4-7-14(10)20-16(22)15(21)19-13-5-2-11(9-18)3-6-13/h2-8H,1H3,(H,19,21)(H,20,22). The van der Waals surface area contributed by atoms with Gasteiger partial charge in [0.2, 0.25) is 0 Å². The number of carbonyl (C=O) groups is 2. The van der Waals surface area contributed by atoms with Crippen LogP contribution in [0.25, 0.3) is 0 Å². The number of anilines is 2. The van der Waals surface area contributed by atoms with Gasteiger partial charge in [0.25, 0.3) is 0 Å². The van der Waals surface area contributed by atoms with E-state index in [0.29, 0.717) is 16.9 Å². The molecule has 2 amide bonds. The van der Waals surface area contributed by atoms with Gasteiger partial charge >= 0.3 is 11.8 Å². The van der Waals surface area contributed by atoms with Gasteiger partial charge in [-0.3, -0.25) is 9.59 Å². The maximum atomic E-state index is 11.9. The van der Waals surface area contributed by atoms with Gasteiger partial charge in [0.05, 0.1) is 11.6 Å². The predicted octanol–water partition coefficient (Wildman–Crippen LogP) is 3.21. The predicted molar refractivity (Wildman–Crippen MR) is 87.3 cm³/mol. The topological polar surface area (TPSA) is 82.0 Å². The Morgan fingerprint density at radius 1 is 1.05 bits per heavy atom. The van der Waals surface area contributed by atoms with Gasteiger partial charge in [-0.25, -0.2) is 0 Å². The zero-order valence-corrected chi connectivity index (χ0v) is 13.3. The molecule has 2 aromatic rings. The van der Waals surface area contributed by atoms with E-state index in [1.165, 1.54) is 0 Å². The minimum atomic E-state index is -0.771. The molecule has 2 rings (SSSR count). The second kappa shape index (κ2) is 6.87. The maximum Gasteiger partial charge on any atom is 0.314 e. The Balaban J connectivity index is 2.02. The van der Waals surface area contributed by atoms with E-state index in [4.69, 9.17) is 5.26 Å². The number of halogens is 1. The van der Waals surface area contributed by atoms with Crippen LogP contribution in [0.5, 0.6) is 0 Å². The molecule has 2 N–H and O–H groups in total. The molecule has 5 nitrogen and oxygen atoms in total. The first-order valence-electron chi connectivity index (χ1n) is 6.38. The van der Waals surface area contributed by atoms with E-state index in [-0.39, 0.29) is 0 Å². The van der Waals surface area contributed by atoms with Crippen molar-refractivity contribution in [3.05, 3.63) is 58.1 Å². The van der Waals surface area contributed by atoms with Crippen molar-refractivity contribution in [2.75, 3.05) is 10.6 Å². The third kappa shape index (κ3) is 3.93. The van der Waals surface area contributed by atoms with Crippen molar-refractivity contribution < 1.29 is 9.59 Å². The number of benzene rings is 2. The first kappa shape index (κ1) is 15.7. The van der Waals surface area contributed by atoms with E-state index in [1.54, 1.807) is 36.4 Å². The molecule has 0 aliphatic carbocycles. The number of carbonyl (C=O) groups excluding carboxylic acids is 2. The summed E-state index contributed by atoms with van der Waals surface area (Å²) in [4.78, 5) is 23.7. The van der Waals surface area contributed by atoms with Crippen LogP contribution in [0.2, 0.25) is 0 Å². The summed E-state index contributed by atoms with van der Waals surface area (Å²) in [5.41, 5.74) is 2.34. The Morgan fingerprint density at radius 3 is 2.27 bits per heavy atom. The Kier molecular flexibility index (Phi) is 4.92. The van der Waals surface area contributed by atoms with Crippen LogP contribution >= 0.6 is 15.9 Å². The van der Waals surface area contributed by atoms with Crippen LogP contribution in [0.15, 0.2) is 46.9 Å². The molecule has 22 heavy (non-hydrogen) atoms. The number of amides is 2. The Hall–Kier alpha value is -2.65. The molecule has 0 fully saturated rings. The largest absolute Gasteiger partial charge is 0.318 e. The third-order valence-corrected chi connectivity index (χ3v) is 3.41. The lowest BCUT2D eigenvalue weighted by atomic mass is 10.2. The minimum absolute atomic E-state index is 0.451. The monoisotopic (exact) mass is 357 g/mol. The molecule has 0 saturated carbocycles. The highest BCUT2D eigenvalue weighted by Crippen LogP contribution is 2.20. The highest BCUT2D eigenvalue weighted by Gasteiger charge is 2.15. The lowest BCUT2D eigenvalue weighted by Gasteiger charge is -2.09. The highest BCUT2D eigenvalue weighted by molar-refractivity contribution is 9.10. The second-order valence-electron chi connectivity index (χ2n) is 4.56. The summed E-state index contributed by atoms with van der Waals surface area (Å²) in [5, 5.41) is 13.7. The number of hydrogen-bond acceptors (Lipinski definition) is 3. The van der Waals surface area contributed by atoms with Crippen molar-refractivity contribution in [1.82, 2.24) is 0 Å². The van der Waals surface area contributed by atoms with Crippen LogP contribution in [0.4, 0.5) is 11.4 Å². The van der Waals surface area contributed by atoms with Gasteiger partial charge in [0, 0.05) is 15.8 Å². The van der Waals surface area contributed by atoms with Crippen LogP contribution in [0, 0.1) is 18.3 Å². The Bertz CT molecular complexity index is 764. The molecule has 0 heterocycles.